The highest BCUT2D eigenvalue weighted by Gasteiger charge is 2.18. The van der Waals surface area contributed by atoms with E-state index in [9.17, 15) is 5.11 Å². The second kappa shape index (κ2) is 4.42. The van der Waals surface area contributed by atoms with E-state index in [1.165, 1.54) is 0 Å². The third-order valence-corrected chi connectivity index (χ3v) is 3.48. The van der Waals surface area contributed by atoms with Crippen molar-refractivity contribution in [2.75, 3.05) is 0 Å². The first kappa shape index (κ1) is 12.8. The van der Waals surface area contributed by atoms with E-state index in [0.29, 0.717) is 0 Å². The third kappa shape index (κ3) is 2.08. The molecule has 0 fully saturated rings. The maximum atomic E-state index is 10.1. The van der Waals surface area contributed by atoms with E-state index in [1.807, 2.05) is 48.0 Å². The van der Waals surface area contributed by atoms with Gasteiger partial charge in [0.05, 0.1) is 16.6 Å². The zero-order valence-electron chi connectivity index (χ0n) is 11.8. The highest BCUT2D eigenvalue weighted by atomic mass is 16.3. The molecule has 0 saturated carbocycles. The summed E-state index contributed by atoms with van der Waals surface area (Å²) in [6, 6.07) is 11.6. The number of hydrogen-bond acceptors (Lipinski definition) is 3. The second-order valence-electron chi connectivity index (χ2n) is 5.47. The lowest BCUT2D eigenvalue weighted by atomic mass is 9.98. The number of aliphatic hydroxyl groups is 1. The van der Waals surface area contributed by atoms with Crippen LogP contribution in [-0.4, -0.2) is 19.6 Å². The Morgan fingerprint density at radius 3 is 2.60 bits per heavy atom. The number of benzene rings is 1. The molecule has 2 aromatic heterocycles. The minimum absolute atomic E-state index is 0.827. The van der Waals surface area contributed by atoms with Gasteiger partial charge in [-0.05, 0) is 43.7 Å². The third-order valence-electron chi connectivity index (χ3n) is 3.48. The van der Waals surface area contributed by atoms with Crippen molar-refractivity contribution in [3.8, 4) is 11.5 Å². The number of pyridine rings is 1. The molecule has 0 atom stereocenters. The molecule has 1 N–H and O–H groups in total. The number of fused-ring (bicyclic) bond motifs is 1. The summed E-state index contributed by atoms with van der Waals surface area (Å²) in [5.74, 6) is 0.827. The lowest BCUT2D eigenvalue weighted by Gasteiger charge is -2.17. The predicted molar refractivity (Wildman–Crippen MR) is 79.2 cm³/mol. The van der Waals surface area contributed by atoms with Gasteiger partial charge in [-0.1, -0.05) is 12.1 Å². The minimum atomic E-state index is -0.858. The van der Waals surface area contributed by atoms with E-state index in [2.05, 4.69) is 9.97 Å². The van der Waals surface area contributed by atoms with Gasteiger partial charge in [0.25, 0.3) is 0 Å². The van der Waals surface area contributed by atoms with Gasteiger partial charge in [-0.15, -0.1) is 0 Å². The van der Waals surface area contributed by atoms with Gasteiger partial charge < -0.3 is 9.67 Å². The summed E-state index contributed by atoms with van der Waals surface area (Å²) in [6.07, 6.45) is 1.76. The molecule has 102 valence electrons. The molecule has 0 amide bonds. The van der Waals surface area contributed by atoms with Gasteiger partial charge in [-0.25, -0.2) is 4.98 Å². The van der Waals surface area contributed by atoms with Crippen molar-refractivity contribution < 1.29 is 5.11 Å². The Bertz CT molecular complexity index is 754. The number of nitrogens with zero attached hydrogens (tertiary/aromatic N) is 3. The van der Waals surface area contributed by atoms with Crippen LogP contribution in [0.5, 0.6) is 0 Å². The number of aromatic nitrogens is 3. The molecule has 1 aromatic carbocycles. The summed E-state index contributed by atoms with van der Waals surface area (Å²) in [5, 5.41) is 10.1. The van der Waals surface area contributed by atoms with Gasteiger partial charge in [-0.3, -0.25) is 4.98 Å². The lowest BCUT2D eigenvalue weighted by molar-refractivity contribution is 0.0787. The van der Waals surface area contributed by atoms with Crippen LogP contribution in [0.3, 0.4) is 0 Å². The molecule has 3 aromatic rings. The lowest BCUT2D eigenvalue weighted by Crippen LogP contribution is -2.15. The van der Waals surface area contributed by atoms with Crippen molar-refractivity contribution in [1.82, 2.24) is 14.5 Å². The SMILES string of the molecule is Cn1c(-c2ccccn2)nc2ccc(C(C)(C)O)cc21. The van der Waals surface area contributed by atoms with E-state index < -0.39 is 5.60 Å². The summed E-state index contributed by atoms with van der Waals surface area (Å²) >= 11 is 0. The maximum absolute atomic E-state index is 10.1. The molecule has 0 aliphatic carbocycles. The van der Waals surface area contributed by atoms with Crippen molar-refractivity contribution in [2.45, 2.75) is 19.4 Å². The van der Waals surface area contributed by atoms with Crippen molar-refractivity contribution in [3.63, 3.8) is 0 Å². The minimum Gasteiger partial charge on any atom is -0.386 e. The molecular formula is C16H17N3O. The molecule has 0 spiro atoms. The van der Waals surface area contributed by atoms with Crippen molar-refractivity contribution in [1.29, 1.82) is 0 Å². The molecule has 0 radical (unpaired) electrons. The highest BCUT2D eigenvalue weighted by molar-refractivity contribution is 5.80. The van der Waals surface area contributed by atoms with Crippen LogP contribution < -0.4 is 0 Å². The van der Waals surface area contributed by atoms with Crippen LogP contribution in [0.15, 0.2) is 42.6 Å². The Balaban J connectivity index is 2.21. The van der Waals surface area contributed by atoms with Crippen molar-refractivity contribution in [3.05, 3.63) is 48.2 Å². The average Bonchev–Trinajstić information content (AvgIpc) is 2.76. The van der Waals surface area contributed by atoms with E-state index in [-0.39, 0.29) is 0 Å². The predicted octanol–water partition coefficient (Wildman–Crippen LogP) is 2.86. The van der Waals surface area contributed by atoms with E-state index in [0.717, 1.165) is 28.1 Å². The first-order valence-corrected chi connectivity index (χ1v) is 6.57. The second-order valence-corrected chi connectivity index (χ2v) is 5.47. The number of hydrogen-bond donors (Lipinski definition) is 1. The van der Waals surface area contributed by atoms with Gasteiger partial charge in [0.1, 0.15) is 5.69 Å². The molecule has 0 bridgehead atoms. The first-order chi connectivity index (χ1) is 9.47. The van der Waals surface area contributed by atoms with Crippen LogP contribution in [0, 0.1) is 0 Å². The van der Waals surface area contributed by atoms with E-state index >= 15 is 0 Å². The quantitative estimate of drug-likeness (QED) is 0.776. The Morgan fingerprint density at radius 2 is 1.95 bits per heavy atom. The summed E-state index contributed by atoms with van der Waals surface area (Å²) in [7, 11) is 1.97. The Morgan fingerprint density at radius 1 is 1.15 bits per heavy atom. The molecule has 0 aliphatic heterocycles. The van der Waals surface area contributed by atoms with Crippen molar-refractivity contribution >= 4 is 11.0 Å². The zero-order valence-corrected chi connectivity index (χ0v) is 11.8. The summed E-state index contributed by atoms with van der Waals surface area (Å²) in [4.78, 5) is 8.97. The fraction of sp³-hybridized carbons (Fsp3) is 0.250. The summed E-state index contributed by atoms with van der Waals surface area (Å²) in [6.45, 7) is 3.56. The smallest absolute Gasteiger partial charge is 0.159 e. The molecule has 4 heteroatoms. The molecule has 3 rings (SSSR count). The van der Waals surface area contributed by atoms with Gasteiger partial charge in [0, 0.05) is 13.2 Å². The maximum Gasteiger partial charge on any atom is 0.159 e. The first-order valence-electron chi connectivity index (χ1n) is 6.57. The van der Waals surface area contributed by atoms with Crippen LogP contribution in [0.2, 0.25) is 0 Å². The molecule has 2 heterocycles. The van der Waals surface area contributed by atoms with Crippen LogP contribution in [0.25, 0.3) is 22.6 Å². The molecule has 0 saturated heterocycles. The zero-order chi connectivity index (χ0) is 14.3. The number of imidazole rings is 1. The van der Waals surface area contributed by atoms with Crippen LogP contribution in [-0.2, 0) is 12.6 Å². The number of aryl methyl sites for hydroxylation is 1. The summed E-state index contributed by atoms with van der Waals surface area (Å²) < 4.78 is 2.01. The Hall–Kier alpha value is -2.20. The largest absolute Gasteiger partial charge is 0.386 e. The van der Waals surface area contributed by atoms with Gasteiger partial charge in [0.2, 0.25) is 0 Å². The number of rotatable bonds is 2. The Kier molecular flexibility index (Phi) is 2.83. The van der Waals surface area contributed by atoms with Crippen LogP contribution in [0.4, 0.5) is 0 Å². The van der Waals surface area contributed by atoms with Gasteiger partial charge >= 0.3 is 0 Å². The average molecular weight is 267 g/mol. The molecular weight excluding hydrogens is 250 g/mol. The van der Waals surface area contributed by atoms with Crippen molar-refractivity contribution in [2.24, 2.45) is 7.05 Å². The molecule has 4 nitrogen and oxygen atoms in total. The monoisotopic (exact) mass is 267 g/mol. The molecule has 0 unspecified atom stereocenters. The topological polar surface area (TPSA) is 50.9 Å². The van der Waals surface area contributed by atoms with E-state index in [1.54, 1.807) is 20.0 Å². The molecule has 20 heavy (non-hydrogen) atoms. The standard InChI is InChI=1S/C16H17N3O/c1-16(2,20)11-7-8-12-14(10-11)19(3)15(18-12)13-6-4-5-9-17-13/h4-10,20H,1-3H3. The Labute approximate surface area is 117 Å². The van der Waals surface area contributed by atoms with E-state index in [4.69, 9.17) is 0 Å². The van der Waals surface area contributed by atoms with Gasteiger partial charge in [0.15, 0.2) is 5.82 Å². The summed E-state index contributed by atoms with van der Waals surface area (Å²) in [5.41, 5.74) is 2.76. The molecule has 0 aliphatic rings. The van der Waals surface area contributed by atoms with Crippen LogP contribution >= 0.6 is 0 Å². The fourth-order valence-electron chi connectivity index (χ4n) is 2.29. The fourth-order valence-corrected chi connectivity index (χ4v) is 2.29. The van der Waals surface area contributed by atoms with Gasteiger partial charge in [-0.2, -0.15) is 0 Å². The normalized spacial score (nSPS) is 12.0. The highest BCUT2D eigenvalue weighted by Crippen LogP contribution is 2.27. The van der Waals surface area contributed by atoms with Crippen LogP contribution in [0.1, 0.15) is 19.4 Å².